The Morgan fingerprint density at radius 1 is 0.759 bits per heavy atom. The fourth-order valence-corrected chi connectivity index (χ4v) is 6.96. The molecule has 54 heavy (non-hydrogen) atoms. The highest BCUT2D eigenvalue weighted by atomic mass is 79.9. The van der Waals surface area contributed by atoms with Crippen molar-refractivity contribution in [2.45, 2.75) is 26.7 Å². The van der Waals surface area contributed by atoms with Gasteiger partial charge in [0.25, 0.3) is 0 Å². The lowest BCUT2D eigenvalue weighted by molar-refractivity contribution is -0.0772. The van der Waals surface area contributed by atoms with Crippen molar-refractivity contribution in [1.82, 2.24) is 10.5 Å². The molecule has 2 N–H and O–H groups in total. The van der Waals surface area contributed by atoms with E-state index in [1.54, 1.807) is 34.1 Å². The van der Waals surface area contributed by atoms with Crippen LogP contribution in [0.3, 0.4) is 0 Å². The molecule has 22 heteroatoms. The van der Waals surface area contributed by atoms with Gasteiger partial charge in [0.1, 0.15) is 11.2 Å². The van der Waals surface area contributed by atoms with Crippen LogP contribution in [0.2, 0.25) is 0 Å². The predicted molar refractivity (Wildman–Crippen MR) is 213 cm³/mol. The number of hydrogen-bond acceptors (Lipinski definition) is 13. The molecule has 0 aliphatic heterocycles. The Kier molecular flexibility index (Phi) is 17.8. The first-order valence-electron chi connectivity index (χ1n) is 15.2. The molecule has 0 aliphatic carbocycles. The summed E-state index contributed by atoms with van der Waals surface area (Å²) in [6.07, 6.45) is 2.41. The number of nitrogens with one attached hydrogen (secondary N) is 1. The highest BCUT2D eigenvalue weighted by Gasteiger charge is 2.29. The first-order valence-corrected chi connectivity index (χ1v) is 20.5. The standard InChI is InChI=1S/C16H19BrN2O6S.C14H14BrNO6S.C2H7NO.ClH/c1-6-12(20)14-9-7-10(17)11(19(3)26(5,22)23)8-13(9)25-15(14)16(21)18(2)24-4;1-4-10(17)12-7-5-8(15)9(16(2)23(3,20)21)6-11(7)22-13(12)14(18)19;1-3-4-2;/h7-8H,6H2,1-5H3;5-6H,4H2,1-3H3,(H,18,19);3H,1-2H3;1H. The van der Waals surface area contributed by atoms with E-state index in [9.17, 15) is 41.1 Å². The van der Waals surface area contributed by atoms with Gasteiger partial charge in [0.05, 0.1) is 49.2 Å². The molecule has 2 heterocycles. The van der Waals surface area contributed by atoms with Crippen LogP contribution >= 0.6 is 44.3 Å². The average Bonchev–Trinajstić information content (AvgIpc) is 3.66. The molecule has 2 aromatic carbocycles. The predicted octanol–water partition coefficient (Wildman–Crippen LogP) is 5.89. The average molecular weight is 949 g/mol. The number of ketones is 2. The quantitative estimate of drug-likeness (QED) is 0.125. The van der Waals surface area contributed by atoms with Crippen LogP contribution in [0.5, 0.6) is 0 Å². The van der Waals surface area contributed by atoms with Crippen molar-refractivity contribution in [3.8, 4) is 0 Å². The van der Waals surface area contributed by atoms with E-state index >= 15 is 0 Å². The largest absolute Gasteiger partial charge is 0.475 e. The molecular weight excluding hydrogens is 908 g/mol. The van der Waals surface area contributed by atoms with Gasteiger partial charge < -0.3 is 18.8 Å². The monoisotopic (exact) mass is 946 g/mol. The van der Waals surface area contributed by atoms with Gasteiger partial charge in [0, 0.05) is 72.9 Å². The van der Waals surface area contributed by atoms with Crippen LogP contribution in [0.25, 0.3) is 21.9 Å². The number of hydroxylamine groups is 3. The fraction of sp³-hybridized carbons (Fsp3) is 0.375. The SMILES string of the molecule is CCC(=O)c1c(C(=O)N(C)OC)oc2cc(N(C)S(C)(=O)=O)c(Br)cc12.CCC(=O)c1c(C(=O)O)oc2cc(N(C)S(C)(=O)=O)c(Br)cc12.CNOC.Cl. The molecule has 0 bridgehead atoms. The van der Waals surface area contributed by atoms with E-state index in [2.05, 4.69) is 42.2 Å². The third-order valence-electron chi connectivity index (χ3n) is 7.54. The minimum absolute atomic E-state index is 0. The Labute approximate surface area is 335 Å². The summed E-state index contributed by atoms with van der Waals surface area (Å²) in [4.78, 5) is 57.4. The van der Waals surface area contributed by atoms with Crippen molar-refractivity contribution in [2.24, 2.45) is 0 Å². The number of Topliss-reactive ketones (excluding diaryl/α,β-unsaturated/α-hetero) is 2. The van der Waals surface area contributed by atoms with E-state index in [-0.39, 0.29) is 70.6 Å². The van der Waals surface area contributed by atoms with E-state index < -0.39 is 37.7 Å². The number of carboxylic acid groups (broad SMARTS) is 1. The van der Waals surface area contributed by atoms with Gasteiger partial charge in [-0.15, -0.1) is 12.4 Å². The van der Waals surface area contributed by atoms with Crippen molar-refractivity contribution in [3.63, 3.8) is 0 Å². The second-order valence-corrected chi connectivity index (χ2v) is 16.7. The molecule has 0 spiro atoms. The number of anilines is 2. The number of fused-ring (bicyclic) bond motifs is 2. The fourth-order valence-electron chi connectivity index (χ4n) is 4.49. The van der Waals surface area contributed by atoms with Gasteiger partial charge in [0.2, 0.25) is 31.6 Å². The maximum Gasteiger partial charge on any atom is 0.372 e. The second kappa shape index (κ2) is 19.8. The minimum atomic E-state index is -3.51. The van der Waals surface area contributed by atoms with Crippen LogP contribution in [0.4, 0.5) is 11.4 Å². The number of furan rings is 2. The zero-order valence-electron chi connectivity index (χ0n) is 30.9. The molecule has 4 rings (SSSR count). The number of benzene rings is 2. The van der Waals surface area contributed by atoms with E-state index in [0.717, 1.165) is 26.2 Å². The molecule has 0 fully saturated rings. The van der Waals surface area contributed by atoms with E-state index in [0.29, 0.717) is 25.4 Å². The first kappa shape index (κ1) is 48.4. The highest BCUT2D eigenvalue weighted by Crippen LogP contribution is 2.38. The summed E-state index contributed by atoms with van der Waals surface area (Å²) in [5, 5.41) is 10.9. The second-order valence-electron chi connectivity index (χ2n) is 10.9. The molecule has 0 unspecified atom stereocenters. The Morgan fingerprint density at radius 2 is 1.11 bits per heavy atom. The maximum atomic E-state index is 12.5. The summed E-state index contributed by atoms with van der Waals surface area (Å²) in [6, 6.07) is 5.92. The van der Waals surface area contributed by atoms with Gasteiger partial charge in [-0.2, -0.15) is 0 Å². The number of carbonyl (C=O) groups is 4. The minimum Gasteiger partial charge on any atom is -0.475 e. The zero-order chi connectivity index (χ0) is 40.7. The smallest absolute Gasteiger partial charge is 0.372 e. The summed E-state index contributed by atoms with van der Waals surface area (Å²) in [5.41, 5.74) is 3.52. The van der Waals surface area contributed by atoms with Crippen LogP contribution < -0.4 is 14.1 Å². The Hall–Kier alpha value is -3.57. The summed E-state index contributed by atoms with van der Waals surface area (Å²) in [5.74, 6) is -3.20. The number of carboxylic acids is 1. The summed E-state index contributed by atoms with van der Waals surface area (Å²) in [6.45, 7) is 3.30. The van der Waals surface area contributed by atoms with Crippen LogP contribution in [0.15, 0.2) is 42.0 Å². The van der Waals surface area contributed by atoms with Crippen LogP contribution in [0, 0.1) is 0 Å². The number of hydrogen-bond donors (Lipinski definition) is 2. The Bertz CT molecular complexity index is 2260. The third kappa shape index (κ3) is 11.0. The number of sulfonamides is 2. The number of rotatable bonds is 12. The number of amides is 1. The van der Waals surface area contributed by atoms with Gasteiger partial charge >= 0.3 is 11.9 Å². The van der Waals surface area contributed by atoms with E-state index in [4.69, 9.17) is 13.7 Å². The van der Waals surface area contributed by atoms with Crippen LogP contribution in [-0.2, 0) is 29.7 Å². The van der Waals surface area contributed by atoms with Gasteiger partial charge in [-0.3, -0.25) is 27.8 Å². The molecule has 0 atom stereocenters. The van der Waals surface area contributed by atoms with Crippen molar-refractivity contribution in [1.29, 1.82) is 0 Å². The third-order valence-corrected chi connectivity index (χ3v) is 11.2. The molecule has 0 aliphatic rings. The molecular formula is C32H41Br2ClN4O13S2. The lowest BCUT2D eigenvalue weighted by Gasteiger charge is -2.18. The van der Waals surface area contributed by atoms with Crippen molar-refractivity contribution < 1.29 is 59.6 Å². The van der Waals surface area contributed by atoms with Gasteiger partial charge in [-0.1, -0.05) is 13.8 Å². The molecule has 0 radical (unpaired) electrons. The number of carbonyl (C=O) groups excluding carboxylic acids is 3. The first-order chi connectivity index (χ1) is 24.5. The van der Waals surface area contributed by atoms with E-state index in [1.165, 1.54) is 46.5 Å². The Balaban J connectivity index is 0.000000486. The maximum absolute atomic E-state index is 12.5. The normalized spacial score (nSPS) is 11.1. The Morgan fingerprint density at radius 3 is 1.41 bits per heavy atom. The molecule has 0 saturated carbocycles. The molecule has 0 saturated heterocycles. The van der Waals surface area contributed by atoms with E-state index in [1.807, 2.05) is 0 Å². The van der Waals surface area contributed by atoms with Crippen molar-refractivity contribution >= 4 is 121 Å². The molecule has 2 aromatic heterocycles. The summed E-state index contributed by atoms with van der Waals surface area (Å²) in [7, 11) is 1.73. The lowest BCUT2D eigenvalue weighted by Crippen LogP contribution is -2.26. The molecule has 1 amide bonds. The number of halogens is 3. The zero-order valence-corrected chi connectivity index (χ0v) is 36.5. The van der Waals surface area contributed by atoms with Crippen molar-refractivity contribution in [3.05, 3.63) is 55.9 Å². The van der Waals surface area contributed by atoms with Crippen LogP contribution in [-0.4, -0.2) is 105 Å². The lowest BCUT2D eigenvalue weighted by atomic mass is 10.0. The molecule has 17 nitrogen and oxygen atoms in total. The molecule has 4 aromatic rings. The van der Waals surface area contributed by atoms with Crippen molar-refractivity contribution in [2.75, 3.05) is 63.5 Å². The topological polar surface area (TPSA) is 223 Å². The highest BCUT2D eigenvalue weighted by molar-refractivity contribution is 9.11. The number of aromatic carboxylic acids is 1. The summed E-state index contributed by atoms with van der Waals surface area (Å²) < 4.78 is 60.9. The van der Waals surface area contributed by atoms with Gasteiger partial charge in [-0.05, 0) is 44.0 Å². The summed E-state index contributed by atoms with van der Waals surface area (Å²) >= 11 is 6.58. The van der Waals surface area contributed by atoms with Crippen LogP contribution in [0.1, 0.15) is 68.5 Å². The van der Waals surface area contributed by atoms with Gasteiger partial charge in [0.15, 0.2) is 11.6 Å². The van der Waals surface area contributed by atoms with Gasteiger partial charge in [-0.25, -0.2) is 32.2 Å². The molecule has 300 valence electrons. The number of nitrogens with zero attached hydrogens (tertiary/aromatic N) is 3.